The third-order valence-corrected chi connectivity index (χ3v) is 9.37. The van der Waals surface area contributed by atoms with E-state index in [0.717, 1.165) is 6.08 Å². The van der Waals surface area contributed by atoms with Crippen LogP contribution in [0.3, 0.4) is 0 Å². The van der Waals surface area contributed by atoms with Crippen LogP contribution in [-0.2, 0) is 18.7 Å². The summed E-state index contributed by atoms with van der Waals surface area (Å²) >= 11 is 0. The number of carbonyl (C=O) groups excluding carboxylic acids is 2. The maximum Gasteiger partial charge on any atom is 0.524 e. The minimum absolute atomic E-state index is 0.0788. The fourth-order valence-electron chi connectivity index (χ4n) is 7.65. The lowest BCUT2D eigenvalue weighted by Crippen LogP contribution is -2.63. The fraction of sp³-hybridized carbons (Fsp3) is 0.727. The van der Waals surface area contributed by atoms with E-state index in [-0.39, 0.29) is 36.4 Å². The zero-order valence-electron chi connectivity index (χ0n) is 18.4. The van der Waals surface area contributed by atoms with Crippen molar-refractivity contribution in [2.75, 3.05) is 6.61 Å². The molecule has 0 spiro atoms. The molecule has 4 aliphatic rings. The number of fused-ring (bicyclic) bond motifs is 5. The molecule has 4 aliphatic carbocycles. The number of hydrogen-bond acceptors (Lipinski definition) is 7. The summed E-state index contributed by atoms with van der Waals surface area (Å²) in [5.41, 5.74) is -3.16. The van der Waals surface area contributed by atoms with E-state index < -0.39 is 54.4 Å². The molecule has 0 aromatic rings. The maximum absolute atomic E-state index is 12.5. The largest absolute Gasteiger partial charge is 0.524 e. The van der Waals surface area contributed by atoms with Crippen LogP contribution in [0.25, 0.3) is 0 Å². The van der Waals surface area contributed by atoms with Crippen molar-refractivity contribution >= 4 is 19.4 Å². The second-order valence-corrected chi connectivity index (χ2v) is 11.6. The van der Waals surface area contributed by atoms with Gasteiger partial charge in [-0.3, -0.25) is 19.4 Å². The number of allylic oxidation sites excluding steroid dienone is 3. The van der Waals surface area contributed by atoms with Gasteiger partial charge >= 0.3 is 7.82 Å². The highest BCUT2D eigenvalue weighted by Crippen LogP contribution is 2.69. The van der Waals surface area contributed by atoms with Gasteiger partial charge in [-0.25, -0.2) is 4.57 Å². The van der Waals surface area contributed by atoms with E-state index >= 15 is 0 Å². The van der Waals surface area contributed by atoms with Crippen LogP contribution < -0.4 is 0 Å². The van der Waals surface area contributed by atoms with E-state index in [0.29, 0.717) is 18.4 Å². The summed E-state index contributed by atoms with van der Waals surface area (Å²) in [6.07, 6.45) is 2.88. The predicted molar refractivity (Wildman–Crippen MR) is 112 cm³/mol. The molecular formula is C22H31O9P. The van der Waals surface area contributed by atoms with Gasteiger partial charge in [0, 0.05) is 17.4 Å². The van der Waals surface area contributed by atoms with Gasteiger partial charge in [0.15, 0.2) is 11.6 Å². The van der Waals surface area contributed by atoms with Crippen molar-refractivity contribution in [3.8, 4) is 0 Å². The Labute approximate surface area is 186 Å². The Morgan fingerprint density at radius 1 is 1.28 bits per heavy atom. The van der Waals surface area contributed by atoms with E-state index in [4.69, 9.17) is 4.52 Å². The summed E-state index contributed by atoms with van der Waals surface area (Å²) in [6.45, 7) is 4.66. The molecule has 4 rings (SSSR count). The van der Waals surface area contributed by atoms with Gasteiger partial charge in [-0.05, 0) is 62.0 Å². The van der Waals surface area contributed by atoms with Gasteiger partial charge in [0.05, 0.1) is 11.5 Å². The topological polar surface area (TPSA) is 162 Å². The van der Waals surface area contributed by atoms with Gasteiger partial charge in [0.25, 0.3) is 0 Å². The molecule has 178 valence electrons. The van der Waals surface area contributed by atoms with E-state index in [1.807, 2.05) is 6.92 Å². The molecular weight excluding hydrogens is 439 g/mol. The number of carbonyl (C=O) groups is 2. The molecule has 8 atom stereocenters. The fourth-order valence-corrected chi connectivity index (χ4v) is 8.15. The van der Waals surface area contributed by atoms with Crippen LogP contribution in [0, 0.1) is 34.5 Å². The third kappa shape index (κ3) is 3.13. The Balaban J connectivity index is 1.82. The van der Waals surface area contributed by atoms with Crippen LogP contribution in [0.4, 0.5) is 0 Å². The van der Waals surface area contributed by atoms with Gasteiger partial charge in [-0.1, -0.05) is 13.8 Å². The number of rotatable bonds is 4. The van der Waals surface area contributed by atoms with E-state index in [1.54, 1.807) is 13.8 Å². The quantitative estimate of drug-likeness (QED) is 0.381. The average Bonchev–Trinajstić information content (AvgIpc) is 2.93. The predicted octanol–water partition coefficient (Wildman–Crippen LogP) is 1.24. The number of phosphoric ester groups is 1. The molecule has 0 aromatic carbocycles. The Hall–Kier alpha value is -1.35. The van der Waals surface area contributed by atoms with Crippen LogP contribution >= 0.6 is 7.82 Å². The van der Waals surface area contributed by atoms with Crippen LogP contribution in [0.5, 0.6) is 0 Å². The molecule has 1 unspecified atom stereocenters. The van der Waals surface area contributed by atoms with Gasteiger partial charge in [0.2, 0.25) is 0 Å². The Kier molecular flexibility index (Phi) is 5.45. The van der Waals surface area contributed by atoms with E-state index in [1.165, 1.54) is 6.08 Å². The molecule has 0 amide bonds. The number of phosphoric acid groups is 1. The number of aliphatic hydroxyl groups excluding tert-OH is 2. The van der Waals surface area contributed by atoms with Crippen molar-refractivity contribution in [1.29, 1.82) is 0 Å². The SMILES string of the molecule is CC1C[C@@H]2[C@H]([C@@H](O)C[C@@]3(C)[C@H]2CC[C@]3(O)C(=O)CO)[C@@]2(C)C(OP(=O)(O)O)=CC(=O)C=C12. The van der Waals surface area contributed by atoms with Crippen LogP contribution in [0.1, 0.15) is 46.5 Å². The molecule has 5 N–H and O–H groups in total. The van der Waals surface area contributed by atoms with Gasteiger partial charge in [0.1, 0.15) is 18.0 Å². The van der Waals surface area contributed by atoms with Crippen molar-refractivity contribution in [2.45, 2.75) is 58.2 Å². The van der Waals surface area contributed by atoms with Crippen LogP contribution in [-0.4, -0.2) is 55.0 Å². The minimum atomic E-state index is -4.97. The third-order valence-electron chi connectivity index (χ3n) is 8.93. The average molecular weight is 470 g/mol. The zero-order chi connectivity index (χ0) is 23.9. The van der Waals surface area contributed by atoms with Crippen molar-refractivity contribution < 1.29 is 43.8 Å². The first-order valence-electron chi connectivity index (χ1n) is 11.0. The van der Waals surface area contributed by atoms with Crippen molar-refractivity contribution in [3.63, 3.8) is 0 Å². The second-order valence-electron chi connectivity index (χ2n) is 10.4. The molecule has 0 aliphatic heterocycles. The van der Waals surface area contributed by atoms with Crippen molar-refractivity contribution in [3.05, 3.63) is 23.5 Å². The smallest absolute Gasteiger partial charge is 0.408 e. The molecule has 0 radical (unpaired) electrons. The summed E-state index contributed by atoms with van der Waals surface area (Å²) < 4.78 is 16.7. The van der Waals surface area contributed by atoms with E-state index in [9.17, 15) is 39.3 Å². The highest BCUT2D eigenvalue weighted by Gasteiger charge is 2.69. The molecule has 0 saturated heterocycles. The molecule has 0 bridgehead atoms. The lowest BCUT2D eigenvalue weighted by molar-refractivity contribution is -0.182. The first-order chi connectivity index (χ1) is 14.7. The molecule has 3 saturated carbocycles. The zero-order valence-corrected chi connectivity index (χ0v) is 19.3. The van der Waals surface area contributed by atoms with Gasteiger partial charge < -0.3 is 19.8 Å². The van der Waals surface area contributed by atoms with Crippen molar-refractivity contribution in [1.82, 2.24) is 0 Å². The molecule has 3 fully saturated rings. The van der Waals surface area contributed by atoms with Gasteiger partial charge in [-0.2, -0.15) is 0 Å². The Morgan fingerprint density at radius 2 is 1.94 bits per heavy atom. The summed E-state index contributed by atoms with van der Waals surface area (Å²) in [6, 6.07) is 0. The molecule has 0 aromatic heterocycles. The number of ketones is 2. The first-order valence-corrected chi connectivity index (χ1v) is 12.5. The first kappa shape index (κ1) is 23.8. The minimum Gasteiger partial charge on any atom is -0.408 e. The normalized spacial score (nSPS) is 45.9. The highest BCUT2D eigenvalue weighted by atomic mass is 31.2. The summed E-state index contributed by atoms with van der Waals surface area (Å²) in [5, 5.41) is 32.2. The number of hydrogen-bond donors (Lipinski definition) is 5. The Morgan fingerprint density at radius 3 is 2.53 bits per heavy atom. The lowest BCUT2D eigenvalue weighted by Gasteiger charge is -2.61. The van der Waals surface area contributed by atoms with Crippen LogP contribution in [0.15, 0.2) is 23.5 Å². The molecule has 9 nitrogen and oxygen atoms in total. The van der Waals surface area contributed by atoms with Crippen molar-refractivity contribution in [2.24, 2.45) is 34.5 Å². The maximum atomic E-state index is 12.5. The lowest BCUT2D eigenvalue weighted by atomic mass is 9.44. The number of Topliss-reactive ketones (excluding diaryl/α,β-unsaturated/α-hetero) is 1. The summed E-state index contributed by atoms with van der Waals surface area (Å²) in [4.78, 5) is 43.8. The summed E-state index contributed by atoms with van der Waals surface area (Å²) in [5.74, 6) is -2.27. The highest BCUT2D eigenvalue weighted by molar-refractivity contribution is 7.46. The summed E-state index contributed by atoms with van der Waals surface area (Å²) in [7, 11) is -4.97. The van der Waals surface area contributed by atoms with E-state index in [2.05, 4.69) is 0 Å². The van der Waals surface area contributed by atoms with Gasteiger partial charge in [-0.15, -0.1) is 0 Å². The second kappa shape index (κ2) is 7.32. The molecule has 32 heavy (non-hydrogen) atoms. The Bertz CT molecular complexity index is 966. The standard InChI is InChI=1S/C22H31O9P/c1-11-6-13-14-4-5-22(27,17(26)10-23)20(14,2)9-16(25)19(13)21(3)15(11)7-12(24)8-18(21)31-32(28,29)30/h7-8,11,13-14,16,19,23,25,27H,4-6,9-10H2,1-3H3,(H2,28,29,30)/t11?,13-,14-,16-,19+,20-,21+,22-/m0/s1. The molecule has 10 heteroatoms. The number of aliphatic hydroxyl groups is 3. The molecule has 0 heterocycles. The monoisotopic (exact) mass is 470 g/mol. The van der Waals surface area contributed by atoms with Crippen LogP contribution in [0.2, 0.25) is 0 Å².